The molecule has 0 spiro atoms. The molecule has 25 heavy (non-hydrogen) atoms. The quantitative estimate of drug-likeness (QED) is 0.729. The summed E-state index contributed by atoms with van der Waals surface area (Å²) in [5.41, 5.74) is 1.65. The van der Waals surface area contributed by atoms with Gasteiger partial charge in [0.15, 0.2) is 0 Å². The Balaban J connectivity index is 2.00. The Bertz CT molecular complexity index is 798. The third-order valence-corrected chi connectivity index (χ3v) is 4.95. The molecule has 0 radical (unpaired) electrons. The zero-order chi connectivity index (χ0) is 18.3. The van der Waals surface area contributed by atoms with Gasteiger partial charge in [-0.1, -0.05) is 19.1 Å². The summed E-state index contributed by atoms with van der Waals surface area (Å²) in [6, 6.07) is 13.2. The van der Waals surface area contributed by atoms with Crippen molar-refractivity contribution in [3.05, 3.63) is 54.1 Å². The summed E-state index contributed by atoms with van der Waals surface area (Å²) in [5, 5.41) is 0. The van der Waals surface area contributed by atoms with Crippen LogP contribution in [-0.2, 0) is 26.0 Å². The van der Waals surface area contributed by atoms with Gasteiger partial charge in [-0.05, 0) is 48.4 Å². The van der Waals surface area contributed by atoms with Gasteiger partial charge in [0, 0.05) is 5.69 Å². The van der Waals surface area contributed by atoms with Crippen LogP contribution in [0.3, 0.4) is 0 Å². The van der Waals surface area contributed by atoms with Crippen molar-refractivity contribution in [3.63, 3.8) is 0 Å². The van der Waals surface area contributed by atoms with Crippen molar-refractivity contribution in [3.8, 4) is 5.75 Å². The number of esters is 1. The van der Waals surface area contributed by atoms with Gasteiger partial charge >= 0.3 is 5.97 Å². The summed E-state index contributed by atoms with van der Waals surface area (Å²) in [5.74, 6) is 0.118. The SMILES string of the molecule is CCc1ccc(NS(=O)(=O)c2ccc(OCCC(=O)OC)cc2)cc1. The van der Waals surface area contributed by atoms with Crippen molar-refractivity contribution in [2.75, 3.05) is 18.4 Å². The summed E-state index contributed by atoms with van der Waals surface area (Å²) >= 11 is 0. The smallest absolute Gasteiger partial charge is 0.308 e. The summed E-state index contributed by atoms with van der Waals surface area (Å²) in [6.45, 7) is 2.20. The number of ether oxygens (including phenoxy) is 2. The second-order valence-corrected chi connectivity index (χ2v) is 6.98. The number of aryl methyl sites for hydroxylation is 1. The fourth-order valence-corrected chi connectivity index (χ4v) is 3.15. The van der Waals surface area contributed by atoms with E-state index in [1.54, 1.807) is 24.3 Å². The Morgan fingerprint density at radius 2 is 1.68 bits per heavy atom. The molecule has 0 heterocycles. The number of carbonyl (C=O) groups is 1. The molecule has 0 unspecified atom stereocenters. The van der Waals surface area contributed by atoms with E-state index in [0.29, 0.717) is 11.4 Å². The van der Waals surface area contributed by atoms with E-state index in [2.05, 4.69) is 9.46 Å². The predicted octanol–water partition coefficient (Wildman–Crippen LogP) is 2.99. The second-order valence-electron chi connectivity index (χ2n) is 5.30. The van der Waals surface area contributed by atoms with Gasteiger partial charge < -0.3 is 9.47 Å². The van der Waals surface area contributed by atoms with Gasteiger partial charge in [0.1, 0.15) is 5.75 Å². The molecule has 0 aliphatic heterocycles. The highest BCUT2D eigenvalue weighted by Gasteiger charge is 2.14. The van der Waals surface area contributed by atoms with Crippen molar-refractivity contribution in [2.45, 2.75) is 24.7 Å². The molecular weight excluding hydrogens is 342 g/mol. The molecular formula is C18H21NO5S. The maximum atomic E-state index is 12.4. The van der Waals surface area contributed by atoms with Crippen molar-refractivity contribution >= 4 is 21.7 Å². The molecule has 7 heteroatoms. The van der Waals surface area contributed by atoms with Gasteiger partial charge in [-0.2, -0.15) is 0 Å². The van der Waals surface area contributed by atoms with Gasteiger partial charge in [0.25, 0.3) is 10.0 Å². The van der Waals surface area contributed by atoms with Crippen LogP contribution in [0.25, 0.3) is 0 Å². The summed E-state index contributed by atoms with van der Waals surface area (Å²) < 4.78 is 37.2. The van der Waals surface area contributed by atoms with Crippen LogP contribution in [0.4, 0.5) is 5.69 Å². The highest BCUT2D eigenvalue weighted by Crippen LogP contribution is 2.20. The summed E-state index contributed by atoms with van der Waals surface area (Å²) in [7, 11) is -2.36. The minimum Gasteiger partial charge on any atom is -0.493 e. The number of hydrogen-bond acceptors (Lipinski definition) is 5. The van der Waals surface area contributed by atoms with Crippen molar-refractivity contribution in [1.29, 1.82) is 0 Å². The number of rotatable bonds is 8. The van der Waals surface area contributed by atoms with E-state index in [9.17, 15) is 13.2 Å². The first-order chi connectivity index (χ1) is 11.9. The standard InChI is InChI=1S/C18H21NO5S/c1-3-14-4-6-15(7-5-14)19-25(21,22)17-10-8-16(9-11-17)24-13-12-18(20)23-2/h4-11,19H,3,12-13H2,1-2H3. The van der Waals surface area contributed by atoms with Crippen LogP contribution >= 0.6 is 0 Å². The molecule has 2 aromatic carbocycles. The van der Waals surface area contributed by atoms with E-state index in [-0.39, 0.29) is 23.9 Å². The molecule has 2 aromatic rings. The van der Waals surface area contributed by atoms with Crippen LogP contribution in [-0.4, -0.2) is 28.1 Å². The lowest BCUT2D eigenvalue weighted by Crippen LogP contribution is -2.13. The van der Waals surface area contributed by atoms with E-state index in [1.165, 1.54) is 19.2 Å². The molecule has 0 saturated carbocycles. The molecule has 0 aliphatic carbocycles. The van der Waals surface area contributed by atoms with Crippen LogP contribution in [0.5, 0.6) is 5.75 Å². The topological polar surface area (TPSA) is 81.7 Å². The number of benzene rings is 2. The monoisotopic (exact) mass is 363 g/mol. The average molecular weight is 363 g/mol. The van der Waals surface area contributed by atoms with Crippen LogP contribution in [0.1, 0.15) is 18.9 Å². The van der Waals surface area contributed by atoms with E-state index >= 15 is 0 Å². The van der Waals surface area contributed by atoms with Gasteiger partial charge in [-0.15, -0.1) is 0 Å². The number of sulfonamides is 1. The van der Waals surface area contributed by atoms with Crippen molar-refractivity contribution in [2.24, 2.45) is 0 Å². The molecule has 0 fully saturated rings. The lowest BCUT2D eigenvalue weighted by atomic mass is 10.2. The largest absolute Gasteiger partial charge is 0.493 e. The van der Waals surface area contributed by atoms with Gasteiger partial charge in [-0.25, -0.2) is 8.42 Å². The Labute approximate surface area is 147 Å². The number of nitrogens with one attached hydrogen (secondary N) is 1. The molecule has 6 nitrogen and oxygen atoms in total. The minimum absolute atomic E-state index is 0.131. The zero-order valence-electron chi connectivity index (χ0n) is 14.2. The zero-order valence-corrected chi connectivity index (χ0v) is 15.0. The van der Waals surface area contributed by atoms with Crippen LogP contribution < -0.4 is 9.46 Å². The number of methoxy groups -OCH3 is 1. The third-order valence-electron chi connectivity index (χ3n) is 3.55. The van der Waals surface area contributed by atoms with E-state index in [1.807, 2.05) is 19.1 Å². The first-order valence-corrected chi connectivity index (χ1v) is 9.34. The number of carbonyl (C=O) groups excluding carboxylic acids is 1. The molecule has 0 aliphatic rings. The highest BCUT2D eigenvalue weighted by atomic mass is 32.2. The molecule has 0 saturated heterocycles. The maximum absolute atomic E-state index is 12.4. The Kier molecular flexibility index (Phi) is 6.41. The average Bonchev–Trinajstić information content (AvgIpc) is 2.62. The van der Waals surface area contributed by atoms with Gasteiger partial charge in [0.05, 0.1) is 25.0 Å². The molecule has 0 atom stereocenters. The van der Waals surface area contributed by atoms with Crippen LogP contribution in [0.2, 0.25) is 0 Å². The van der Waals surface area contributed by atoms with Gasteiger partial charge in [-0.3, -0.25) is 9.52 Å². The highest BCUT2D eigenvalue weighted by molar-refractivity contribution is 7.92. The van der Waals surface area contributed by atoms with E-state index in [4.69, 9.17) is 4.74 Å². The Morgan fingerprint density at radius 3 is 2.24 bits per heavy atom. The first-order valence-electron chi connectivity index (χ1n) is 7.86. The minimum atomic E-state index is -3.67. The normalized spacial score (nSPS) is 11.0. The molecule has 2 rings (SSSR count). The lowest BCUT2D eigenvalue weighted by molar-refractivity contribution is -0.141. The molecule has 0 bridgehead atoms. The van der Waals surface area contributed by atoms with Crippen molar-refractivity contribution < 1.29 is 22.7 Å². The van der Waals surface area contributed by atoms with Crippen molar-refractivity contribution in [1.82, 2.24) is 0 Å². The van der Waals surface area contributed by atoms with Crippen LogP contribution in [0, 0.1) is 0 Å². The molecule has 134 valence electrons. The Morgan fingerprint density at radius 1 is 1.04 bits per heavy atom. The predicted molar refractivity (Wildman–Crippen MR) is 95.2 cm³/mol. The van der Waals surface area contributed by atoms with E-state index < -0.39 is 10.0 Å². The summed E-state index contributed by atoms with van der Waals surface area (Å²) in [4.78, 5) is 11.1. The third kappa shape index (κ3) is 5.49. The van der Waals surface area contributed by atoms with Crippen LogP contribution in [0.15, 0.2) is 53.4 Å². The molecule has 0 amide bonds. The molecule has 0 aromatic heterocycles. The fraction of sp³-hybridized carbons (Fsp3) is 0.278. The fourth-order valence-electron chi connectivity index (χ4n) is 2.09. The number of hydrogen-bond donors (Lipinski definition) is 1. The first kappa shape index (κ1) is 18.8. The second kappa shape index (κ2) is 8.53. The Hall–Kier alpha value is -2.54. The maximum Gasteiger partial charge on any atom is 0.308 e. The lowest BCUT2D eigenvalue weighted by Gasteiger charge is -2.10. The van der Waals surface area contributed by atoms with E-state index in [0.717, 1.165) is 12.0 Å². The molecule has 1 N–H and O–H groups in total. The summed E-state index contributed by atoms with van der Waals surface area (Å²) in [6.07, 6.45) is 1.02. The van der Waals surface area contributed by atoms with Gasteiger partial charge in [0.2, 0.25) is 0 Å². The number of anilines is 1.